The average Bonchev–Trinajstić information content (AvgIpc) is 2.48. The number of nitrogens with two attached hydrogens (primary N) is 1. The van der Waals surface area contributed by atoms with E-state index in [1.165, 1.54) is 12.1 Å². The quantitative estimate of drug-likeness (QED) is 0.635. The van der Waals surface area contributed by atoms with E-state index < -0.39 is 18.4 Å². The predicted molar refractivity (Wildman–Crippen MR) is 73.1 cm³/mol. The van der Waals surface area contributed by atoms with Gasteiger partial charge in [0.15, 0.2) is 6.61 Å². The second-order valence-corrected chi connectivity index (χ2v) is 4.77. The molecule has 21 heavy (non-hydrogen) atoms. The summed E-state index contributed by atoms with van der Waals surface area (Å²) in [4.78, 5) is 23.3. The fraction of sp³-hybridized carbons (Fsp3) is 0.429. The second kappa shape index (κ2) is 7.03. The number of ether oxygens (including phenoxy) is 2. The lowest BCUT2D eigenvalue weighted by Crippen LogP contribution is -2.41. The lowest BCUT2D eigenvalue weighted by atomic mass is 10.1. The van der Waals surface area contributed by atoms with Crippen LogP contribution in [0.1, 0.15) is 23.2 Å². The van der Waals surface area contributed by atoms with Crippen molar-refractivity contribution in [3.63, 3.8) is 0 Å². The van der Waals surface area contributed by atoms with Crippen molar-refractivity contribution in [3.8, 4) is 0 Å². The molecule has 0 saturated carbocycles. The monoisotopic (exact) mass is 296 g/mol. The molecule has 6 nitrogen and oxygen atoms in total. The summed E-state index contributed by atoms with van der Waals surface area (Å²) in [6.45, 7) is 0.813. The van der Waals surface area contributed by atoms with Crippen LogP contribution in [0, 0.1) is 5.82 Å². The third-order valence-corrected chi connectivity index (χ3v) is 3.16. The Hall–Kier alpha value is -2.15. The molecule has 2 rings (SSSR count). The van der Waals surface area contributed by atoms with E-state index in [9.17, 15) is 14.0 Å². The minimum absolute atomic E-state index is 0.0144. The van der Waals surface area contributed by atoms with Gasteiger partial charge in [-0.15, -0.1) is 0 Å². The zero-order valence-electron chi connectivity index (χ0n) is 11.4. The van der Waals surface area contributed by atoms with Crippen molar-refractivity contribution in [3.05, 3.63) is 29.6 Å². The van der Waals surface area contributed by atoms with E-state index in [1.807, 2.05) is 0 Å². The number of nitrogen functional groups attached to an aromatic ring is 1. The molecule has 1 heterocycles. The van der Waals surface area contributed by atoms with Crippen molar-refractivity contribution in [1.29, 1.82) is 0 Å². The van der Waals surface area contributed by atoms with Crippen LogP contribution in [0.2, 0.25) is 0 Å². The van der Waals surface area contributed by atoms with Crippen molar-refractivity contribution in [2.45, 2.75) is 18.9 Å². The Morgan fingerprint density at radius 1 is 1.38 bits per heavy atom. The van der Waals surface area contributed by atoms with Crippen LogP contribution in [0.15, 0.2) is 18.2 Å². The summed E-state index contributed by atoms with van der Waals surface area (Å²) in [6, 6.07) is 3.64. The number of esters is 1. The molecule has 1 aliphatic heterocycles. The van der Waals surface area contributed by atoms with Crippen molar-refractivity contribution in [2.24, 2.45) is 0 Å². The highest BCUT2D eigenvalue weighted by molar-refractivity contribution is 5.91. The van der Waals surface area contributed by atoms with Gasteiger partial charge in [0.05, 0.1) is 11.3 Å². The van der Waals surface area contributed by atoms with E-state index >= 15 is 0 Å². The minimum Gasteiger partial charge on any atom is -0.452 e. The summed E-state index contributed by atoms with van der Waals surface area (Å²) in [5, 5.41) is 2.76. The summed E-state index contributed by atoms with van der Waals surface area (Å²) in [5.41, 5.74) is 5.28. The molecule has 114 valence electrons. The van der Waals surface area contributed by atoms with Crippen molar-refractivity contribution >= 4 is 17.6 Å². The zero-order chi connectivity index (χ0) is 15.2. The number of carbonyl (C=O) groups excluding carboxylic acids is 2. The Bertz CT molecular complexity index is 530. The maximum absolute atomic E-state index is 13.2. The number of anilines is 1. The molecule has 1 amide bonds. The first-order valence-corrected chi connectivity index (χ1v) is 6.65. The van der Waals surface area contributed by atoms with Crippen molar-refractivity contribution in [2.75, 3.05) is 25.6 Å². The molecule has 3 N–H and O–H groups in total. The number of carbonyl (C=O) groups is 2. The summed E-state index contributed by atoms with van der Waals surface area (Å²) < 4.78 is 23.2. The zero-order valence-corrected chi connectivity index (χ0v) is 11.4. The van der Waals surface area contributed by atoms with Crippen LogP contribution in [-0.4, -0.2) is 37.7 Å². The van der Waals surface area contributed by atoms with Crippen LogP contribution in [0.5, 0.6) is 0 Å². The van der Waals surface area contributed by atoms with Gasteiger partial charge in [-0.25, -0.2) is 9.18 Å². The number of halogens is 1. The van der Waals surface area contributed by atoms with Gasteiger partial charge in [0.25, 0.3) is 5.91 Å². The summed E-state index contributed by atoms with van der Waals surface area (Å²) >= 11 is 0. The number of amides is 1. The van der Waals surface area contributed by atoms with Crippen molar-refractivity contribution < 1.29 is 23.5 Å². The highest BCUT2D eigenvalue weighted by Crippen LogP contribution is 2.12. The summed E-state index contributed by atoms with van der Waals surface area (Å²) in [7, 11) is 0. The van der Waals surface area contributed by atoms with Crippen LogP contribution in [0.25, 0.3) is 0 Å². The Balaban J connectivity index is 1.80. The van der Waals surface area contributed by atoms with Crippen LogP contribution in [0.3, 0.4) is 0 Å². The van der Waals surface area contributed by atoms with Gasteiger partial charge in [0.2, 0.25) is 0 Å². The first-order chi connectivity index (χ1) is 10.1. The maximum atomic E-state index is 13.2. The molecule has 0 radical (unpaired) electrons. The van der Waals surface area contributed by atoms with E-state index in [1.54, 1.807) is 0 Å². The molecule has 1 aliphatic rings. The maximum Gasteiger partial charge on any atom is 0.338 e. The molecule has 0 spiro atoms. The number of benzene rings is 1. The van der Waals surface area contributed by atoms with E-state index in [-0.39, 0.29) is 23.2 Å². The molecule has 7 heteroatoms. The Morgan fingerprint density at radius 2 is 2.10 bits per heavy atom. The smallest absolute Gasteiger partial charge is 0.338 e. The molecule has 0 atom stereocenters. The number of hydrogen-bond donors (Lipinski definition) is 2. The third kappa shape index (κ3) is 4.42. The van der Waals surface area contributed by atoms with Crippen molar-refractivity contribution in [1.82, 2.24) is 5.32 Å². The van der Waals surface area contributed by atoms with Gasteiger partial charge in [0.1, 0.15) is 5.82 Å². The highest BCUT2D eigenvalue weighted by atomic mass is 19.1. The first-order valence-electron chi connectivity index (χ1n) is 6.65. The standard InChI is InChI=1S/C14H17FN2O4/c15-11-7-9(1-2-12(11)16)14(19)21-8-13(18)17-10-3-5-20-6-4-10/h1-2,7,10H,3-6,8,16H2,(H,17,18). The third-order valence-electron chi connectivity index (χ3n) is 3.16. The fourth-order valence-corrected chi connectivity index (χ4v) is 1.98. The topological polar surface area (TPSA) is 90.7 Å². The van der Waals surface area contributed by atoms with E-state index in [0.717, 1.165) is 18.9 Å². The largest absolute Gasteiger partial charge is 0.452 e. The second-order valence-electron chi connectivity index (χ2n) is 4.77. The van der Waals surface area contributed by atoms with Gasteiger partial charge in [0, 0.05) is 19.3 Å². The Labute approximate surface area is 121 Å². The predicted octanol–water partition coefficient (Wildman–Crippen LogP) is 0.860. The van der Waals surface area contributed by atoms with Crippen LogP contribution >= 0.6 is 0 Å². The molecule has 0 unspecified atom stereocenters. The molecule has 0 aromatic heterocycles. The minimum atomic E-state index is -0.768. The molecule has 0 aliphatic carbocycles. The van der Waals surface area contributed by atoms with Gasteiger partial charge in [-0.05, 0) is 31.0 Å². The van der Waals surface area contributed by atoms with E-state index in [2.05, 4.69) is 5.32 Å². The lowest BCUT2D eigenvalue weighted by molar-refractivity contribution is -0.125. The highest BCUT2D eigenvalue weighted by Gasteiger charge is 2.17. The number of rotatable bonds is 4. The molecule has 1 aromatic rings. The number of nitrogens with one attached hydrogen (secondary N) is 1. The summed E-state index contributed by atoms with van der Waals surface area (Å²) in [6.07, 6.45) is 1.48. The number of hydrogen-bond acceptors (Lipinski definition) is 5. The lowest BCUT2D eigenvalue weighted by Gasteiger charge is -2.22. The van der Waals surface area contributed by atoms with Crippen LogP contribution in [0.4, 0.5) is 10.1 Å². The molecule has 1 saturated heterocycles. The molecular weight excluding hydrogens is 279 g/mol. The van der Waals surface area contributed by atoms with Crippen LogP contribution in [-0.2, 0) is 14.3 Å². The van der Waals surface area contributed by atoms with E-state index in [0.29, 0.717) is 13.2 Å². The molecule has 1 aromatic carbocycles. The van der Waals surface area contributed by atoms with Gasteiger partial charge in [-0.1, -0.05) is 0 Å². The average molecular weight is 296 g/mol. The SMILES string of the molecule is Nc1ccc(C(=O)OCC(=O)NC2CCOCC2)cc1F. The molecular formula is C14H17FN2O4. The first kappa shape index (κ1) is 15.2. The fourth-order valence-electron chi connectivity index (χ4n) is 1.98. The van der Waals surface area contributed by atoms with Gasteiger partial charge in [-0.2, -0.15) is 0 Å². The molecule has 1 fully saturated rings. The molecule has 0 bridgehead atoms. The van der Waals surface area contributed by atoms with E-state index in [4.69, 9.17) is 15.2 Å². The van der Waals surface area contributed by atoms with Gasteiger partial charge >= 0.3 is 5.97 Å². The summed E-state index contributed by atoms with van der Waals surface area (Å²) in [5.74, 6) is -1.85. The Kier molecular flexibility index (Phi) is 5.10. The Morgan fingerprint density at radius 3 is 2.76 bits per heavy atom. The van der Waals surface area contributed by atoms with Gasteiger partial charge in [-0.3, -0.25) is 4.79 Å². The normalized spacial score (nSPS) is 15.5. The van der Waals surface area contributed by atoms with Gasteiger partial charge < -0.3 is 20.5 Å². The van der Waals surface area contributed by atoms with Crippen LogP contribution < -0.4 is 11.1 Å².